The van der Waals surface area contributed by atoms with Crippen LogP contribution >= 0.6 is 11.6 Å². The Kier molecular flexibility index (Phi) is 10.6. The number of imidazole rings is 1. The Morgan fingerprint density at radius 1 is 1.24 bits per heavy atom. The Labute approximate surface area is 227 Å². The number of carbonyl (C=O) groups is 2. The molecular weight excluding hydrogens is 517 g/mol. The van der Waals surface area contributed by atoms with Crippen LogP contribution in [0.5, 0.6) is 0 Å². The molecule has 2 atom stereocenters. The van der Waals surface area contributed by atoms with Crippen molar-refractivity contribution in [3.8, 4) is 0 Å². The van der Waals surface area contributed by atoms with Crippen LogP contribution in [0, 0.1) is 0 Å². The van der Waals surface area contributed by atoms with Crippen molar-refractivity contribution in [2.45, 2.75) is 77.7 Å². The second-order valence-corrected chi connectivity index (χ2v) is 10.2. The van der Waals surface area contributed by atoms with E-state index in [1.165, 1.54) is 18.6 Å². The molecule has 1 amide bonds. The molecule has 2 aromatic rings. The number of aromatic nitrogens is 2. The molecule has 1 aromatic carbocycles. The Balaban J connectivity index is 0.000000375. The first-order chi connectivity index (χ1) is 18.0. The second-order valence-electron chi connectivity index (χ2n) is 9.83. The van der Waals surface area contributed by atoms with Crippen LogP contribution in [0.1, 0.15) is 74.4 Å². The minimum Gasteiger partial charge on any atom is -0.330 e. The molecule has 4 rings (SSSR count). The number of fused-ring (bicyclic) bond motifs is 1. The zero-order valence-corrected chi connectivity index (χ0v) is 22.9. The summed E-state index contributed by atoms with van der Waals surface area (Å²) in [5.41, 5.74) is 1.77. The van der Waals surface area contributed by atoms with E-state index >= 15 is 0 Å². The third kappa shape index (κ3) is 8.17. The fourth-order valence-electron chi connectivity index (χ4n) is 5.02. The van der Waals surface area contributed by atoms with E-state index < -0.39 is 12.6 Å². The van der Waals surface area contributed by atoms with Crippen LogP contribution in [0.4, 0.5) is 13.2 Å². The number of benzene rings is 1. The highest BCUT2D eigenvalue weighted by Gasteiger charge is 2.31. The number of hydrogen-bond acceptors (Lipinski definition) is 4. The van der Waals surface area contributed by atoms with Crippen LogP contribution in [0.25, 0.3) is 0 Å². The van der Waals surface area contributed by atoms with Crippen LogP contribution in [-0.4, -0.2) is 62.9 Å². The molecule has 1 fully saturated rings. The van der Waals surface area contributed by atoms with E-state index in [9.17, 15) is 22.8 Å². The SMILES string of the molecule is CC(=O)c1cnc2n1C(C)CN(C(=O)/C=C/CC1CCCN1CCC(F)(F)F)C2.CCc1ccccc1Cl. The Bertz CT molecular complexity index is 1130. The molecular formula is C28H36ClF3N4O2. The number of Topliss-reactive ketones (excluding diaryl/α,β-unsaturated/α-hetero) is 1. The number of carbonyl (C=O) groups excluding carboxylic acids is 2. The summed E-state index contributed by atoms with van der Waals surface area (Å²) in [6.45, 7) is 7.04. The van der Waals surface area contributed by atoms with Gasteiger partial charge in [-0.15, -0.1) is 0 Å². The van der Waals surface area contributed by atoms with Crippen molar-refractivity contribution < 1.29 is 22.8 Å². The molecule has 2 aliphatic heterocycles. The maximum Gasteiger partial charge on any atom is 0.390 e. The Morgan fingerprint density at radius 2 is 1.97 bits per heavy atom. The molecule has 0 aliphatic carbocycles. The molecule has 10 heteroatoms. The van der Waals surface area contributed by atoms with Crippen molar-refractivity contribution in [3.63, 3.8) is 0 Å². The van der Waals surface area contributed by atoms with Crippen LogP contribution in [-0.2, 0) is 17.8 Å². The summed E-state index contributed by atoms with van der Waals surface area (Å²) < 4.78 is 39.3. The van der Waals surface area contributed by atoms with Crippen molar-refractivity contribution >= 4 is 23.3 Å². The first-order valence-electron chi connectivity index (χ1n) is 13.1. The number of aryl methyl sites for hydroxylation is 1. The highest BCUT2D eigenvalue weighted by atomic mass is 35.5. The number of ketones is 1. The van der Waals surface area contributed by atoms with Crippen molar-refractivity contribution in [3.05, 3.63) is 64.7 Å². The molecule has 208 valence electrons. The zero-order valence-electron chi connectivity index (χ0n) is 22.2. The number of alkyl halides is 3. The van der Waals surface area contributed by atoms with Crippen molar-refractivity contribution in [2.24, 2.45) is 0 Å². The van der Waals surface area contributed by atoms with Gasteiger partial charge in [-0.1, -0.05) is 42.8 Å². The van der Waals surface area contributed by atoms with Crippen LogP contribution < -0.4 is 0 Å². The van der Waals surface area contributed by atoms with Crippen LogP contribution in [0.15, 0.2) is 42.6 Å². The average Bonchev–Trinajstić information content (AvgIpc) is 3.50. The van der Waals surface area contributed by atoms with E-state index in [2.05, 4.69) is 11.9 Å². The summed E-state index contributed by atoms with van der Waals surface area (Å²) in [6, 6.07) is 7.92. The fraction of sp³-hybridized carbons (Fsp3) is 0.536. The van der Waals surface area contributed by atoms with E-state index in [4.69, 9.17) is 11.6 Å². The van der Waals surface area contributed by atoms with E-state index in [1.807, 2.05) is 40.7 Å². The molecule has 0 saturated carbocycles. The summed E-state index contributed by atoms with van der Waals surface area (Å²) >= 11 is 5.82. The van der Waals surface area contributed by atoms with Gasteiger partial charge >= 0.3 is 6.18 Å². The van der Waals surface area contributed by atoms with Gasteiger partial charge in [-0.3, -0.25) is 14.5 Å². The van der Waals surface area contributed by atoms with Gasteiger partial charge < -0.3 is 9.47 Å². The topological polar surface area (TPSA) is 58.4 Å². The summed E-state index contributed by atoms with van der Waals surface area (Å²) in [7, 11) is 0. The average molecular weight is 553 g/mol. The minimum atomic E-state index is -4.14. The lowest BCUT2D eigenvalue weighted by atomic mass is 10.1. The van der Waals surface area contributed by atoms with Gasteiger partial charge in [0.05, 0.1) is 25.2 Å². The number of amides is 1. The zero-order chi connectivity index (χ0) is 27.9. The van der Waals surface area contributed by atoms with Gasteiger partial charge in [-0.2, -0.15) is 13.2 Å². The number of likely N-dealkylation sites (tertiary alicyclic amines) is 1. The molecule has 1 saturated heterocycles. The van der Waals surface area contributed by atoms with Gasteiger partial charge in [0, 0.05) is 31.1 Å². The fourth-order valence-corrected chi connectivity index (χ4v) is 5.28. The summed E-state index contributed by atoms with van der Waals surface area (Å²) in [6.07, 6.45) is 3.20. The summed E-state index contributed by atoms with van der Waals surface area (Å²) in [5.74, 6) is 0.488. The number of rotatable bonds is 7. The third-order valence-electron chi connectivity index (χ3n) is 6.99. The van der Waals surface area contributed by atoms with Gasteiger partial charge in [0.25, 0.3) is 0 Å². The first-order valence-corrected chi connectivity index (χ1v) is 13.4. The Morgan fingerprint density at radius 3 is 2.61 bits per heavy atom. The third-order valence-corrected chi connectivity index (χ3v) is 7.36. The lowest BCUT2D eigenvalue weighted by molar-refractivity contribution is -0.138. The van der Waals surface area contributed by atoms with Gasteiger partial charge in [0.15, 0.2) is 5.78 Å². The van der Waals surface area contributed by atoms with Gasteiger partial charge in [0.2, 0.25) is 5.91 Å². The first kappa shape index (κ1) is 29.9. The number of hydrogen-bond donors (Lipinski definition) is 0. The standard InChI is InChI=1S/C20H27F3N4O2.C8H9Cl/c1-14-12-26(13-18-24-11-17(15(2)28)27(14)18)19(29)7-3-5-16-6-4-9-25(16)10-8-20(21,22)23;1-2-7-5-3-4-6-8(7)9/h3,7,11,14,16H,4-6,8-10,12-13H2,1-2H3;3-6H,2H2,1H3/b7-3+;. The van der Waals surface area contributed by atoms with E-state index in [1.54, 1.807) is 17.2 Å². The van der Waals surface area contributed by atoms with Gasteiger partial charge in [0.1, 0.15) is 11.5 Å². The Hall–Kier alpha value is -2.65. The second kappa shape index (κ2) is 13.4. The minimum absolute atomic E-state index is 0.0146. The number of nitrogens with zero attached hydrogens (tertiary/aromatic N) is 4. The molecule has 3 heterocycles. The number of halogens is 4. The summed E-state index contributed by atoms with van der Waals surface area (Å²) in [5, 5.41) is 0.875. The van der Waals surface area contributed by atoms with Crippen LogP contribution in [0.3, 0.4) is 0 Å². The lowest BCUT2D eigenvalue weighted by Crippen LogP contribution is -2.40. The molecule has 0 radical (unpaired) electrons. The van der Waals surface area contributed by atoms with Gasteiger partial charge in [-0.05, 0) is 56.9 Å². The smallest absolute Gasteiger partial charge is 0.330 e. The predicted octanol–water partition coefficient (Wildman–Crippen LogP) is 6.25. The predicted molar refractivity (Wildman–Crippen MR) is 142 cm³/mol. The summed E-state index contributed by atoms with van der Waals surface area (Å²) in [4.78, 5) is 32.1. The molecule has 0 N–H and O–H groups in total. The van der Waals surface area contributed by atoms with Crippen molar-refractivity contribution in [1.29, 1.82) is 0 Å². The highest BCUT2D eigenvalue weighted by molar-refractivity contribution is 6.31. The van der Waals surface area contributed by atoms with E-state index in [-0.39, 0.29) is 30.3 Å². The van der Waals surface area contributed by atoms with E-state index in [0.717, 1.165) is 24.3 Å². The quantitative estimate of drug-likeness (QED) is 0.301. The lowest BCUT2D eigenvalue weighted by Gasteiger charge is -2.32. The van der Waals surface area contributed by atoms with E-state index in [0.29, 0.717) is 37.6 Å². The molecule has 0 spiro atoms. The molecule has 2 aliphatic rings. The molecule has 1 aromatic heterocycles. The highest BCUT2D eigenvalue weighted by Crippen LogP contribution is 2.26. The molecule has 38 heavy (non-hydrogen) atoms. The maximum absolute atomic E-state index is 12.6. The van der Waals surface area contributed by atoms with Crippen molar-refractivity contribution in [1.82, 2.24) is 19.4 Å². The normalized spacial score (nSPS) is 19.8. The monoisotopic (exact) mass is 552 g/mol. The van der Waals surface area contributed by atoms with Crippen molar-refractivity contribution in [2.75, 3.05) is 19.6 Å². The molecule has 2 unspecified atom stereocenters. The maximum atomic E-state index is 12.6. The van der Waals surface area contributed by atoms with Gasteiger partial charge in [-0.25, -0.2) is 4.98 Å². The molecule has 0 bridgehead atoms. The molecule has 6 nitrogen and oxygen atoms in total. The van der Waals surface area contributed by atoms with Crippen LogP contribution in [0.2, 0.25) is 5.02 Å². The largest absolute Gasteiger partial charge is 0.390 e.